The minimum atomic E-state index is -3.45. The Morgan fingerprint density at radius 1 is 1.17 bits per heavy atom. The molecule has 8 nitrogen and oxygen atoms in total. The summed E-state index contributed by atoms with van der Waals surface area (Å²) in [5.74, 6) is 0.416. The van der Waals surface area contributed by atoms with Crippen LogP contribution in [0.5, 0.6) is 5.75 Å². The fourth-order valence-corrected chi connectivity index (χ4v) is 5.97. The van der Waals surface area contributed by atoms with Crippen molar-refractivity contribution >= 4 is 38.7 Å². The summed E-state index contributed by atoms with van der Waals surface area (Å²) in [6.45, 7) is 4.33. The number of sulfonamides is 1. The molecule has 2 aliphatic rings. The SMILES string of the molecule is COc1cc(N2C(=S)N[C@@H](c3ccccn3)[C@@H]2c2cc(C)n(C3CC3)c2C)ccc1NS(C)(=O)=O. The van der Waals surface area contributed by atoms with Crippen molar-refractivity contribution in [2.75, 3.05) is 23.0 Å². The van der Waals surface area contributed by atoms with Crippen LogP contribution in [0.25, 0.3) is 0 Å². The summed E-state index contributed by atoms with van der Waals surface area (Å²) in [5.41, 5.74) is 5.74. The largest absolute Gasteiger partial charge is 0.494 e. The second-order valence-electron chi connectivity index (χ2n) is 9.18. The summed E-state index contributed by atoms with van der Waals surface area (Å²) in [5, 5.41) is 4.07. The Hall–Kier alpha value is -3.11. The third kappa shape index (κ3) is 4.48. The van der Waals surface area contributed by atoms with Crippen LogP contribution in [0.4, 0.5) is 11.4 Å². The molecule has 1 aromatic carbocycles. The molecule has 5 rings (SSSR count). The lowest BCUT2D eigenvalue weighted by molar-refractivity contribution is 0.417. The molecule has 0 radical (unpaired) electrons. The summed E-state index contributed by atoms with van der Waals surface area (Å²) >= 11 is 5.85. The minimum Gasteiger partial charge on any atom is -0.494 e. The molecule has 35 heavy (non-hydrogen) atoms. The van der Waals surface area contributed by atoms with Crippen LogP contribution >= 0.6 is 12.2 Å². The van der Waals surface area contributed by atoms with Crippen molar-refractivity contribution in [2.45, 2.75) is 44.8 Å². The van der Waals surface area contributed by atoms with Gasteiger partial charge in [0.15, 0.2) is 5.11 Å². The van der Waals surface area contributed by atoms with E-state index in [1.807, 2.05) is 30.3 Å². The molecular formula is C25H29N5O3S2. The number of rotatable bonds is 7. The van der Waals surface area contributed by atoms with Crippen molar-refractivity contribution < 1.29 is 13.2 Å². The summed E-state index contributed by atoms with van der Waals surface area (Å²) < 4.78 is 34.1. The number of hydrogen-bond acceptors (Lipinski definition) is 5. The Morgan fingerprint density at radius 2 is 1.94 bits per heavy atom. The molecule has 2 atom stereocenters. The van der Waals surface area contributed by atoms with E-state index in [9.17, 15) is 8.42 Å². The van der Waals surface area contributed by atoms with Gasteiger partial charge in [0.2, 0.25) is 10.0 Å². The minimum absolute atomic E-state index is 0.144. The van der Waals surface area contributed by atoms with E-state index in [0.29, 0.717) is 22.6 Å². The maximum absolute atomic E-state index is 11.8. The number of nitrogens with one attached hydrogen (secondary N) is 2. The van der Waals surface area contributed by atoms with Crippen molar-refractivity contribution in [3.8, 4) is 5.75 Å². The van der Waals surface area contributed by atoms with E-state index in [1.54, 1.807) is 12.3 Å². The molecule has 2 fully saturated rings. The molecule has 2 aromatic heterocycles. The van der Waals surface area contributed by atoms with Gasteiger partial charge in [-0.3, -0.25) is 9.71 Å². The van der Waals surface area contributed by atoms with Gasteiger partial charge in [0, 0.05) is 35.4 Å². The first kappa shape index (κ1) is 23.6. The number of benzene rings is 1. The van der Waals surface area contributed by atoms with Crippen LogP contribution in [-0.4, -0.2) is 36.4 Å². The molecule has 3 aromatic rings. The van der Waals surface area contributed by atoms with Crippen molar-refractivity contribution in [1.82, 2.24) is 14.9 Å². The van der Waals surface area contributed by atoms with Crippen LogP contribution < -0.4 is 19.7 Å². The number of thiocarbonyl (C=S) groups is 1. The Bertz CT molecular complexity index is 1380. The normalized spacial score (nSPS) is 20.1. The standard InChI is InChI=1S/C25H29N5O3S2/c1-15-13-19(16(2)29(15)17-8-9-17)24-23(21-7-5-6-12-26-21)27-25(34)30(24)18-10-11-20(22(14-18)33-3)28-35(4,31)32/h5-7,10-14,17,23-24,28H,8-9H2,1-4H3,(H,27,34)/t23-,24-/m0/s1. The summed E-state index contributed by atoms with van der Waals surface area (Å²) in [6.07, 6.45) is 5.32. The van der Waals surface area contributed by atoms with Crippen LogP contribution in [0.2, 0.25) is 0 Å². The van der Waals surface area contributed by atoms with Gasteiger partial charge in [-0.2, -0.15) is 0 Å². The molecule has 2 N–H and O–H groups in total. The fraction of sp³-hybridized carbons (Fsp3) is 0.360. The average molecular weight is 512 g/mol. The zero-order valence-corrected chi connectivity index (χ0v) is 21.8. The zero-order chi connectivity index (χ0) is 24.9. The summed E-state index contributed by atoms with van der Waals surface area (Å²) in [7, 11) is -1.94. The average Bonchev–Trinajstić information content (AvgIpc) is 3.52. The molecule has 1 aliphatic heterocycles. The number of pyridine rings is 1. The zero-order valence-electron chi connectivity index (χ0n) is 20.1. The number of methoxy groups -OCH3 is 1. The van der Waals surface area contributed by atoms with E-state index >= 15 is 0 Å². The predicted molar refractivity (Wildman–Crippen MR) is 142 cm³/mol. The second-order valence-corrected chi connectivity index (χ2v) is 11.3. The molecule has 184 valence electrons. The number of nitrogens with zero attached hydrogens (tertiary/aromatic N) is 3. The molecule has 3 heterocycles. The highest BCUT2D eigenvalue weighted by molar-refractivity contribution is 7.92. The summed E-state index contributed by atoms with van der Waals surface area (Å²) in [4.78, 5) is 6.72. The molecule has 1 saturated heterocycles. The summed E-state index contributed by atoms with van der Waals surface area (Å²) in [6, 6.07) is 13.8. The number of anilines is 2. The van der Waals surface area contributed by atoms with Crippen LogP contribution in [0, 0.1) is 13.8 Å². The topological polar surface area (TPSA) is 88.5 Å². The van der Waals surface area contributed by atoms with Gasteiger partial charge in [-0.1, -0.05) is 6.07 Å². The van der Waals surface area contributed by atoms with Gasteiger partial charge in [0.1, 0.15) is 5.75 Å². The first-order valence-corrected chi connectivity index (χ1v) is 13.8. The van der Waals surface area contributed by atoms with Gasteiger partial charge in [-0.15, -0.1) is 0 Å². The van der Waals surface area contributed by atoms with Gasteiger partial charge in [-0.25, -0.2) is 8.42 Å². The highest BCUT2D eigenvalue weighted by atomic mass is 32.2. The van der Waals surface area contributed by atoms with Crippen LogP contribution in [0.15, 0.2) is 48.7 Å². The Balaban J connectivity index is 1.63. The van der Waals surface area contributed by atoms with E-state index in [1.165, 1.54) is 36.9 Å². The number of aryl methyl sites for hydroxylation is 1. The highest BCUT2D eigenvalue weighted by Gasteiger charge is 2.43. The predicted octanol–water partition coefficient (Wildman–Crippen LogP) is 4.39. The van der Waals surface area contributed by atoms with Gasteiger partial charge in [-0.05, 0) is 74.8 Å². The van der Waals surface area contributed by atoms with E-state index < -0.39 is 10.0 Å². The number of hydrogen-bond donors (Lipinski definition) is 2. The molecule has 0 amide bonds. The lowest BCUT2D eigenvalue weighted by atomic mass is 9.96. The van der Waals surface area contributed by atoms with Crippen molar-refractivity contribution in [2.24, 2.45) is 0 Å². The molecule has 1 aliphatic carbocycles. The maximum Gasteiger partial charge on any atom is 0.229 e. The van der Waals surface area contributed by atoms with Gasteiger partial charge in [0.05, 0.1) is 36.8 Å². The van der Waals surface area contributed by atoms with Gasteiger partial charge < -0.3 is 19.5 Å². The van der Waals surface area contributed by atoms with Crippen molar-refractivity contribution in [3.63, 3.8) is 0 Å². The van der Waals surface area contributed by atoms with Gasteiger partial charge >= 0.3 is 0 Å². The van der Waals surface area contributed by atoms with E-state index in [0.717, 1.165) is 17.6 Å². The molecule has 0 bridgehead atoms. The lowest BCUT2D eigenvalue weighted by Gasteiger charge is -2.29. The second kappa shape index (κ2) is 8.83. The van der Waals surface area contributed by atoms with Crippen molar-refractivity contribution in [3.05, 3.63) is 71.3 Å². The lowest BCUT2D eigenvalue weighted by Crippen LogP contribution is -2.29. The van der Waals surface area contributed by atoms with Crippen LogP contribution in [0.1, 0.15) is 53.6 Å². The Kier molecular flexibility index (Phi) is 5.96. The number of aromatic nitrogens is 2. The molecule has 10 heteroatoms. The van der Waals surface area contributed by atoms with E-state index in [2.05, 4.69) is 44.4 Å². The molecule has 0 spiro atoms. The van der Waals surface area contributed by atoms with Crippen molar-refractivity contribution in [1.29, 1.82) is 0 Å². The Labute approximate surface area is 211 Å². The molecule has 1 saturated carbocycles. The highest BCUT2D eigenvalue weighted by Crippen LogP contribution is 2.47. The third-order valence-corrected chi connectivity index (χ3v) is 7.52. The smallest absolute Gasteiger partial charge is 0.229 e. The van der Waals surface area contributed by atoms with Gasteiger partial charge in [0.25, 0.3) is 0 Å². The fourth-order valence-electron chi connectivity index (χ4n) is 5.06. The first-order chi connectivity index (χ1) is 16.7. The number of ether oxygens (including phenoxy) is 1. The van der Waals surface area contributed by atoms with Crippen LogP contribution in [-0.2, 0) is 10.0 Å². The monoisotopic (exact) mass is 511 g/mol. The molecule has 0 unspecified atom stereocenters. The van der Waals surface area contributed by atoms with E-state index in [4.69, 9.17) is 17.0 Å². The quantitative estimate of drug-likeness (QED) is 0.455. The maximum atomic E-state index is 11.8. The third-order valence-electron chi connectivity index (χ3n) is 6.61. The molecular weight excluding hydrogens is 482 g/mol. The van der Waals surface area contributed by atoms with E-state index in [-0.39, 0.29) is 12.1 Å². The van der Waals surface area contributed by atoms with Crippen LogP contribution in [0.3, 0.4) is 0 Å². The Morgan fingerprint density at radius 3 is 2.57 bits per heavy atom. The first-order valence-electron chi connectivity index (χ1n) is 11.5.